The normalized spacial score (nSPS) is 15.1. The lowest BCUT2D eigenvalue weighted by atomic mass is 9.89. The minimum Gasteiger partial charge on any atom is -0.413 e. The first-order valence-corrected chi connectivity index (χ1v) is 9.80. The van der Waals surface area contributed by atoms with Crippen LogP contribution in [0.1, 0.15) is 29.7 Å². The van der Waals surface area contributed by atoms with Gasteiger partial charge in [0.05, 0.1) is 11.1 Å². The van der Waals surface area contributed by atoms with Crippen molar-refractivity contribution in [1.82, 2.24) is 9.55 Å². The number of nitrogens with zero attached hydrogens (tertiary/aromatic N) is 1. The Hall–Kier alpha value is -3.18. The van der Waals surface area contributed by atoms with Crippen molar-refractivity contribution in [2.24, 2.45) is 0 Å². The molecule has 138 valence electrons. The maximum absolute atomic E-state index is 8.93. The van der Waals surface area contributed by atoms with Crippen LogP contribution in [0.5, 0.6) is 0 Å². The summed E-state index contributed by atoms with van der Waals surface area (Å²) in [5.41, 5.74) is 6.41. The van der Waals surface area contributed by atoms with Crippen molar-refractivity contribution in [2.75, 3.05) is 0 Å². The zero-order chi connectivity index (χ0) is 19.1. The SMILES string of the molecule is N=c1c2c3c([nH]c2oc(=S)n1-c1ccccc1)CCC/C3=C\c1ccccc1. The summed E-state index contributed by atoms with van der Waals surface area (Å²) in [7, 11) is 0. The minimum absolute atomic E-state index is 0.274. The van der Waals surface area contributed by atoms with Crippen LogP contribution in [0.25, 0.3) is 28.4 Å². The molecule has 0 bridgehead atoms. The maximum atomic E-state index is 8.93. The van der Waals surface area contributed by atoms with E-state index in [2.05, 4.69) is 23.2 Å². The van der Waals surface area contributed by atoms with Gasteiger partial charge in [-0.05, 0) is 54.7 Å². The van der Waals surface area contributed by atoms with Gasteiger partial charge in [-0.3, -0.25) is 9.98 Å². The fourth-order valence-corrected chi connectivity index (χ4v) is 4.27. The van der Waals surface area contributed by atoms with Crippen molar-refractivity contribution < 1.29 is 4.42 Å². The molecule has 28 heavy (non-hydrogen) atoms. The van der Waals surface area contributed by atoms with Crippen molar-refractivity contribution in [3.05, 3.63) is 87.8 Å². The van der Waals surface area contributed by atoms with Gasteiger partial charge in [-0.15, -0.1) is 0 Å². The molecule has 0 saturated carbocycles. The van der Waals surface area contributed by atoms with E-state index in [0.717, 1.165) is 41.6 Å². The Morgan fingerprint density at radius 3 is 2.46 bits per heavy atom. The molecule has 0 fully saturated rings. The van der Waals surface area contributed by atoms with Crippen LogP contribution in [0.4, 0.5) is 0 Å². The molecule has 0 spiro atoms. The third kappa shape index (κ3) is 2.75. The van der Waals surface area contributed by atoms with Crippen molar-refractivity contribution >= 4 is 35.0 Å². The first-order valence-electron chi connectivity index (χ1n) is 9.39. The van der Waals surface area contributed by atoms with E-state index in [-0.39, 0.29) is 4.84 Å². The number of fused-ring (bicyclic) bond motifs is 3. The average Bonchev–Trinajstić information content (AvgIpc) is 3.09. The fourth-order valence-electron chi connectivity index (χ4n) is 3.99. The molecular weight excluding hydrogens is 366 g/mol. The van der Waals surface area contributed by atoms with Crippen LogP contribution in [0.3, 0.4) is 0 Å². The molecule has 0 saturated heterocycles. The summed E-state index contributed by atoms with van der Waals surface area (Å²) in [4.78, 5) is 3.66. The predicted molar refractivity (Wildman–Crippen MR) is 114 cm³/mol. The molecule has 0 aliphatic heterocycles. The third-order valence-electron chi connectivity index (χ3n) is 5.22. The van der Waals surface area contributed by atoms with E-state index in [9.17, 15) is 0 Å². The molecule has 2 heterocycles. The molecular formula is C23H19N3OS. The third-order valence-corrected chi connectivity index (χ3v) is 5.49. The van der Waals surface area contributed by atoms with Gasteiger partial charge in [-0.1, -0.05) is 54.6 Å². The van der Waals surface area contributed by atoms with Crippen LogP contribution in [0.2, 0.25) is 0 Å². The summed E-state index contributed by atoms with van der Waals surface area (Å²) in [5.74, 6) is 0. The number of hydrogen-bond acceptors (Lipinski definition) is 3. The van der Waals surface area contributed by atoms with Crippen molar-refractivity contribution in [2.45, 2.75) is 19.3 Å². The van der Waals surface area contributed by atoms with Crippen LogP contribution >= 0.6 is 12.2 Å². The van der Waals surface area contributed by atoms with Crippen molar-refractivity contribution in [3.8, 4) is 5.69 Å². The van der Waals surface area contributed by atoms with Gasteiger partial charge in [0.2, 0.25) is 5.71 Å². The Bertz CT molecular complexity index is 1310. The van der Waals surface area contributed by atoms with E-state index in [1.54, 1.807) is 4.57 Å². The monoisotopic (exact) mass is 385 g/mol. The summed E-state index contributed by atoms with van der Waals surface area (Å²) in [6, 6.07) is 20.0. The lowest BCUT2D eigenvalue weighted by Gasteiger charge is -2.16. The molecule has 1 aliphatic carbocycles. The molecule has 4 aromatic rings. The lowest BCUT2D eigenvalue weighted by Crippen LogP contribution is -2.20. The van der Waals surface area contributed by atoms with Crippen molar-refractivity contribution in [3.63, 3.8) is 0 Å². The molecule has 1 aliphatic rings. The van der Waals surface area contributed by atoms with Crippen LogP contribution in [0, 0.1) is 10.2 Å². The smallest absolute Gasteiger partial charge is 0.276 e. The molecule has 0 atom stereocenters. The van der Waals surface area contributed by atoms with Crippen LogP contribution < -0.4 is 5.49 Å². The summed E-state index contributed by atoms with van der Waals surface area (Å²) >= 11 is 5.47. The van der Waals surface area contributed by atoms with E-state index < -0.39 is 0 Å². The van der Waals surface area contributed by atoms with Gasteiger partial charge < -0.3 is 9.40 Å². The highest BCUT2D eigenvalue weighted by molar-refractivity contribution is 7.71. The average molecular weight is 385 g/mol. The lowest BCUT2D eigenvalue weighted by molar-refractivity contribution is 0.521. The minimum atomic E-state index is 0.274. The van der Waals surface area contributed by atoms with Crippen molar-refractivity contribution in [1.29, 1.82) is 5.41 Å². The highest BCUT2D eigenvalue weighted by Gasteiger charge is 2.23. The van der Waals surface area contributed by atoms with E-state index in [1.807, 2.05) is 48.5 Å². The molecule has 2 N–H and O–H groups in total. The molecule has 5 rings (SSSR count). The number of allylic oxidation sites excluding steroid dienone is 1. The van der Waals surface area contributed by atoms with Gasteiger partial charge in [0.25, 0.3) is 4.84 Å². The molecule has 2 aromatic carbocycles. The highest BCUT2D eigenvalue weighted by Crippen LogP contribution is 2.36. The van der Waals surface area contributed by atoms with E-state index in [1.165, 1.54) is 11.1 Å². The van der Waals surface area contributed by atoms with Gasteiger partial charge in [0.1, 0.15) is 5.49 Å². The van der Waals surface area contributed by atoms with Gasteiger partial charge in [0, 0.05) is 11.3 Å². The van der Waals surface area contributed by atoms with Gasteiger partial charge >= 0.3 is 0 Å². The Morgan fingerprint density at radius 2 is 1.71 bits per heavy atom. The molecule has 2 aromatic heterocycles. The second kappa shape index (κ2) is 6.77. The summed E-state index contributed by atoms with van der Waals surface area (Å²) in [6.45, 7) is 0. The molecule has 4 nitrogen and oxygen atoms in total. The van der Waals surface area contributed by atoms with E-state index in [4.69, 9.17) is 22.0 Å². The number of rotatable bonds is 2. The second-order valence-electron chi connectivity index (χ2n) is 7.00. The highest BCUT2D eigenvalue weighted by atomic mass is 32.1. The van der Waals surface area contributed by atoms with Crippen LogP contribution in [0.15, 0.2) is 65.1 Å². The zero-order valence-electron chi connectivity index (χ0n) is 15.2. The Labute approximate surface area is 167 Å². The Morgan fingerprint density at radius 1 is 1.00 bits per heavy atom. The number of aromatic nitrogens is 2. The van der Waals surface area contributed by atoms with E-state index >= 15 is 0 Å². The quantitative estimate of drug-likeness (QED) is 0.439. The molecule has 0 amide bonds. The molecule has 0 radical (unpaired) electrons. The van der Waals surface area contributed by atoms with Crippen LogP contribution in [-0.2, 0) is 6.42 Å². The molecule has 0 unspecified atom stereocenters. The standard InChI is InChI=1S/C23H19N3OS/c24-21-20-19-16(14-15-8-3-1-4-9-15)10-7-13-18(19)25-22(20)27-23(28)26(21)17-11-5-2-6-12-17/h1-6,8-9,11-12,14,24-25H,7,10,13H2/b16-14+,24-21?. The summed E-state index contributed by atoms with van der Waals surface area (Å²) in [6.07, 6.45) is 5.23. The first-order chi connectivity index (χ1) is 13.7. The van der Waals surface area contributed by atoms with Gasteiger partial charge in [0.15, 0.2) is 0 Å². The number of nitrogens with one attached hydrogen (secondary N) is 2. The number of benzene rings is 2. The maximum Gasteiger partial charge on any atom is 0.276 e. The predicted octanol–water partition coefficient (Wildman–Crippen LogP) is 5.64. The summed E-state index contributed by atoms with van der Waals surface area (Å²) in [5, 5.41) is 9.73. The zero-order valence-corrected chi connectivity index (χ0v) is 16.1. The topological polar surface area (TPSA) is 57.7 Å². The van der Waals surface area contributed by atoms with Gasteiger partial charge in [-0.25, -0.2) is 0 Å². The number of aryl methyl sites for hydroxylation is 1. The van der Waals surface area contributed by atoms with Crippen LogP contribution in [-0.4, -0.2) is 9.55 Å². The largest absolute Gasteiger partial charge is 0.413 e. The number of H-pyrrole nitrogens is 1. The number of hydrogen-bond donors (Lipinski definition) is 2. The summed E-state index contributed by atoms with van der Waals surface area (Å²) < 4.78 is 7.65. The first kappa shape index (κ1) is 17.0. The van der Waals surface area contributed by atoms with E-state index in [0.29, 0.717) is 11.2 Å². The number of aromatic amines is 1. The Kier molecular flexibility index (Phi) is 4.10. The Balaban J connectivity index is 1.80. The van der Waals surface area contributed by atoms with Gasteiger partial charge in [-0.2, -0.15) is 0 Å². The second-order valence-corrected chi connectivity index (χ2v) is 7.35. The fraction of sp³-hybridized carbons (Fsp3) is 0.130. The number of para-hydroxylation sites is 1. The molecule has 5 heteroatoms.